The lowest BCUT2D eigenvalue weighted by molar-refractivity contribution is -0.110. The molecule has 0 aliphatic heterocycles. The fraction of sp³-hybridized carbons (Fsp3) is 0.333. The van der Waals surface area contributed by atoms with E-state index in [4.69, 9.17) is 0 Å². The molecule has 0 aliphatic carbocycles. The minimum absolute atomic E-state index is 0.117. The van der Waals surface area contributed by atoms with Gasteiger partial charge in [-0.3, -0.25) is 4.79 Å². The second-order valence-corrected chi connectivity index (χ2v) is 1.47. The number of Topliss-reactive ketones (excluding diaryl/α,β-unsaturated/α-hetero) is 1. The number of ketones is 1. The van der Waals surface area contributed by atoms with Gasteiger partial charge in [0.25, 0.3) is 0 Å². The average molecular weight is 127 g/mol. The number of hydrogen-bond donors (Lipinski definition) is 0. The highest BCUT2D eigenvalue weighted by atomic mass is 16.5. The highest BCUT2D eigenvalue weighted by Crippen LogP contribution is 1.88. The van der Waals surface area contributed by atoms with Gasteiger partial charge in [-0.15, -0.1) is 0 Å². The SMILES string of the molecule is C=C(N=CC(C)=O)OC. The first-order valence-corrected chi connectivity index (χ1v) is 2.44. The maximum Gasteiger partial charge on any atom is 0.205 e. The van der Waals surface area contributed by atoms with Crippen LogP contribution in [0.15, 0.2) is 17.5 Å². The third kappa shape index (κ3) is 4.74. The molecule has 0 N–H and O–H groups in total. The minimum Gasteiger partial charge on any atom is -0.481 e. The van der Waals surface area contributed by atoms with Crippen LogP contribution in [0.3, 0.4) is 0 Å². The van der Waals surface area contributed by atoms with Crippen LogP contribution in [-0.2, 0) is 9.53 Å². The lowest BCUT2D eigenvalue weighted by Gasteiger charge is -1.91. The smallest absolute Gasteiger partial charge is 0.205 e. The Kier molecular flexibility index (Phi) is 3.35. The molecule has 0 bridgehead atoms. The number of carbonyl (C=O) groups excluding carboxylic acids is 1. The van der Waals surface area contributed by atoms with E-state index < -0.39 is 0 Å². The van der Waals surface area contributed by atoms with Gasteiger partial charge >= 0.3 is 0 Å². The summed E-state index contributed by atoms with van der Waals surface area (Å²) in [6, 6.07) is 0. The number of nitrogens with zero attached hydrogens (tertiary/aromatic N) is 1. The van der Waals surface area contributed by atoms with Crippen molar-refractivity contribution in [3.8, 4) is 0 Å². The number of methoxy groups -OCH3 is 1. The third-order valence-corrected chi connectivity index (χ3v) is 0.626. The minimum atomic E-state index is -0.117. The molecule has 0 fully saturated rings. The van der Waals surface area contributed by atoms with Crippen molar-refractivity contribution < 1.29 is 9.53 Å². The number of carbonyl (C=O) groups is 1. The monoisotopic (exact) mass is 127 g/mol. The summed E-state index contributed by atoms with van der Waals surface area (Å²) < 4.78 is 4.56. The molecule has 0 radical (unpaired) electrons. The molecule has 0 rings (SSSR count). The van der Waals surface area contributed by atoms with Gasteiger partial charge in [-0.05, 0) is 6.58 Å². The van der Waals surface area contributed by atoms with E-state index in [1.54, 1.807) is 0 Å². The summed E-state index contributed by atoms with van der Waals surface area (Å²) in [5.41, 5.74) is 0. The Hall–Kier alpha value is -1.12. The van der Waals surface area contributed by atoms with Crippen molar-refractivity contribution in [2.75, 3.05) is 7.11 Å². The van der Waals surface area contributed by atoms with E-state index in [0.717, 1.165) is 6.21 Å². The Morgan fingerprint density at radius 1 is 1.78 bits per heavy atom. The van der Waals surface area contributed by atoms with E-state index in [9.17, 15) is 4.79 Å². The summed E-state index contributed by atoms with van der Waals surface area (Å²) in [5.74, 6) is 0.124. The van der Waals surface area contributed by atoms with Gasteiger partial charge in [0.15, 0.2) is 5.78 Å². The van der Waals surface area contributed by atoms with Crippen molar-refractivity contribution in [3.05, 3.63) is 12.5 Å². The third-order valence-electron chi connectivity index (χ3n) is 0.626. The molecule has 9 heavy (non-hydrogen) atoms. The summed E-state index contributed by atoms with van der Waals surface area (Å²) >= 11 is 0. The van der Waals surface area contributed by atoms with Crippen LogP contribution in [0.2, 0.25) is 0 Å². The van der Waals surface area contributed by atoms with Crippen molar-refractivity contribution in [2.45, 2.75) is 6.92 Å². The molecule has 0 saturated heterocycles. The molecule has 0 heterocycles. The molecule has 3 heteroatoms. The van der Waals surface area contributed by atoms with Gasteiger partial charge < -0.3 is 4.74 Å². The fourth-order valence-electron chi connectivity index (χ4n) is 0.216. The second-order valence-electron chi connectivity index (χ2n) is 1.47. The Balaban J connectivity index is 3.71. The molecule has 0 aromatic rings. The Morgan fingerprint density at radius 2 is 2.33 bits per heavy atom. The molecule has 0 aliphatic rings. The Labute approximate surface area is 54.0 Å². The highest BCUT2D eigenvalue weighted by Gasteiger charge is 1.84. The summed E-state index contributed by atoms with van der Waals surface area (Å²) in [7, 11) is 1.44. The van der Waals surface area contributed by atoms with Crippen LogP contribution in [0.1, 0.15) is 6.92 Å². The average Bonchev–Trinajstić information content (AvgIpc) is 1.83. The number of rotatable bonds is 3. The molecule has 0 atom stereocenters. The van der Waals surface area contributed by atoms with Gasteiger partial charge in [-0.2, -0.15) is 0 Å². The number of ether oxygens (including phenoxy) is 1. The summed E-state index contributed by atoms with van der Waals surface area (Å²) in [4.78, 5) is 13.8. The van der Waals surface area contributed by atoms with Crippen LogP contribution in [0.4, 0.5) is 0 Å². The number of aliphatic imine (C=N–C) groups is 1. The maximum absolute atomic E-state index is 10.2. The van der Waals surface area contributed by atoms with E-state index in [1.807, 2.05) is 0 Å². The van der Waals surface area contributed by atoms with Crippen LogP contribution >= 0.6 is 0 Å². The Morgan fingerprint density at radius 3 is 2.67 bits per heavy atom. The molecule has 0 amide bonds. The summed E-state index contributed by atoms with van der Waals surface area (Å²) in [5, 5.41) is 0. The topological polar surface area (TPSA) is 38.7 Å². The molecular weight excluding hydrogens is 118 g/mol. The standard InChI is InChI=1S/C6H9NO2/c1-5(8)4-7-6(2)9-3/h4H,2H2,1,3H3. The van der Waals surface area contributed by atoms with Gasteiger partial charge in [0, 0.05) is 6.92 Å². The molecule has 0 spiro atoms. The van der Waals surface area contributed by atoms with E-state index in [2.05, 4.69) is 16.3 Å². The normalized spacial score (nSPS) is 9.56. The molecule has 3 nitrogen and oxygen atoms in total. The van der Waals surface area contributed by atoms with Gasteiger partial charge in [0.1, 0.15) is 0 Å². The zero-order chi connectivity index (χ0) is 7.28. The first kappa shape index (κ1) is 7.88. The van der Waals surface area contributed by atoms with Crippen LogP contribution < -0.4 is 0 Å². The van der Waals surface area contributed by atoms with Gasteiger partial charge in [0.2, 0.25) is 5.88 Å². The maximum atomic E-state index is 10.2. The molecule has 0 unspecified atom stereocenters. The quantitative estimate of drug-likeness (QED) is 0.414. The molecule has 0 aromatic carbocycles. The van der Waals surface area contributed by atoms with Crippen LogP contribution in [0.5, 0.6) is 0 Å². The van der Waals surface area contributed by atoms with Crippen LogP contribution in [-0.4, -0.2) is 19.1 Å². The second kappa shape index (κ2) is 3.83. The van der Waals surface area contributed by atoms with Gasteiger partial charge in [-0.1, -0.05) is 0 Å². The summed E-state index contributed by atoms with van der Waals surface area (Å²) in [6.07, 6.45) is 1.16. The zero-order valence-corrected chi connectivity index (χ0v) is 5.55. The Bertz CT molecular complexity index is 149. The summed E-state index contributed by atoms with van der Waals surface area (Å²) in [6.45, 7) is 4.78. The lowest BCUT2D eigenvalue weighted by atomic mass is 10.5. The predicted octanol–water partition coefficient (Wildman–Crippen LogP) is 0.764. The van der Waals surface area contributed by atoms with Gasteiger partial charge in [-0.25, -0.2) is 4.99 Å². The van der Waals surface area contributed by atoms with Crippen molar-refractivity contribution in [2.24, 2.45) is 4.99 Å². The van der Waals surface area contributed by atoms with E-state index >= 15 is 0 Å². The zero-order valence-electron chi connectivity index (χ0n) is 5.55. The number of hydrogen-bond acceptors (Lipinski definition) is 3. The highest BCUT2D eigenvalue weighted by molar-refractivity contribution is 6.26. The molecular formula is C6H9NO2. The van der Waals surface area contributed by atoms with E-state index in [0.29, 0.717) is 0 Å². The molecule has 0 aromatic heterocycles. The van der Waals surface area contributed by atoms with Crippen molar-refractivity contribution in [1.82, 2.24) is 0 Å². The van der Waals surface area contributed by atoms with Gasteiger partial charge in [0.05, 0.1) is 13.3 Å². The van der Waals surface area contributed by atoms with Crippen LogP contribution in [0.25, 0.3) is 0 Å². The van der Waals surface area contributed by atoms with Crippen LogP contribution in [0, 0.1) is 0 Å². The fourth-order valence-corrected chi connectivity index (χ4v) is 0.216. The van der Waals surface area contributed by atoms with Crippen molar-refractivity contribution in [1.29, 1.82) is 0 Å². The largest absolute Gasteiger partial charge is 0.481 e. The first-order chi connectivity index (χ1) is 4.16. The molecule has 0 saturated carbocycles. The predicted molar refractivity (Wildman–Crippen MR) is 35.3 cm³/mol. The molecule has 50 valence electrons. The lowest BCUT2D eigenvalue weighted by Crippen LogP contribution is -1.90. The first-order valence-electron chi connectivity index (χ1n) is 2.44. The van der Waals surface area contributed by atoms with E-state index in [1.165, 1.54) is 14.0 Å². The van der Waals surface area contributed by atoms with Crippen molar-refractivity contribution >= 4 is 12.0 Å². The van der Waals surface area contributed by atoms with Crippen molar-refractivity contribution in [3.63, 3.8) is 0 Å². The van der Waals surface area contributed by atoms with E-state index in [-0.39, 0.29) is 11.7 Å².